The summed E-state index contributed by atoms with van der Waals surface area (Å²) in [5.74, 6) is 0.363. The number of hydrogen-bond donors (Lipinski definition) is 1. The number of carbonyl (C=O) groups is 1. The largest absolute Gasteiger partial charge is 0.457 e. The Morgan fingerprint density at radius 2 is 1.84 bits per heavy atom. The summed E-state index contributed by atoms with van der Waals surface area (Å²) in [4.78, 5) is 18.7. The molecule has 1 heterocycles. The fraction of sp³-hybridized carbons (Fsp3) is 0.391. The fourth-order valence-electron chi connectivity index (χ4n) is 3.45. The van der Waals surface area contributed by atoms with Crippen LogP contribution in [0.5, 0.6) is 0 Å². The van der Waals surface area contributed by atoms with E-state index in [1.165, 1.54) is 0 Å². The Balaban J connectivity index is 1.59. The quantitative estimate of drug-likeness (QED) is 0.434. The topological polar surface area (TPSA) is 88.1 Å². The SMILES string of the molecule is CN=C(NCc1cccc(C(=O)OCc2ccccc2)c1)N1CCS(=O)(=O)C(C)(C)C1. The van der Waals surface area contributed by atoms with Crippen LogP contribution in [0.3, 0.4) is 0 Å². The van der Waals surface area contributed by atoms with Gasteiger partial charge in [-0.05, 0) is 37.1 Å². The second-order valence-electron chi connectivity index (χ2n) is 8.16. The molecule has 0 unspecified atom stereocenters. The number of esters is 1. The molecule has 31 heavy (non-hydrogen) atoms. The van der Waals surface area contributed by atoms with Gasteiger partial charge in [-0.25, -0.2) is 13.2 Å². The van der Waals surface area contributed by atoms with Crippen LogP contribution in [-0.2, 0) is 27.7 Å². The summed E-state index contributed by atoms with van der Waals surface area (Å²) in [7, 11) is -1.44. The summed E-state index contributed by atoms with van der Waals surface area (Å²) in [5.41, 5.74) is 2.32. The average molecular weight is 444 g/mol. The van der Waals surface area contributed by atoms with Gasteiger partial charge in [0.15, 0.2) is 15.8 Å². The third kappa shape index (κ3) is 5.64. The van der Waals surface area contributed by atoms with Gasteiger partial charge in [-0.2, -0.15) is 0 Å². The van der Waals surface area contributed by atoms with E-state index in [0.717, 1.165) is 11.1 Å². The van der Waals surface area contributed by atoms with Crippen molar-refractivity contribution in [2.24, 2.45) is 4.99 Å². The van der Waals surface area contributed by atoms with E-state index in [-0.39, 0.29) is 18.3 Å². The Kier molecular flexibility index (Phi) is 7.00. The zero-order chi connectivity index (χ0) is 22.5. The molecule has 0 amide bonds. The smallest absolute Gasteiger partial charge is 0.338 e. The minimum atomic E-state index is -3.12. The molecule has 8 heteroatoms. The molecule has 1 fully saturated rings. The van der Waals surface area contributed by atoms with Crippen LogP contribution in [0.2, 0.25) is 0 Å². The molecule has 0 bridgehead atoms. The van der Waals surface area contributed by atoms with Crippen molar-refractivity contribution >= 4 is 21.8 Å². The molecular weight excluding hydrogens is 414 g/mol. The van der Waals surface area contributed by atoms with Crippen molar-refractivity contribution < 1.29 is 17.9 Å². The van der Waals surface area contributed by atoms with Crippen molar-refractivity contribution in [3.8, 4) is 0 Å². The highest BCUT2D eigenvalue weighted by atomic mass is 32.2. The molecule has 7 nitrogen and oxygen atoms in total. The summed E-state index contributed by atoms with van der Waals surface area (Å²) in [5, 5.41) is 3.27. The van der Waals surface area contributed by atoms with Crippen LogP contribution >= 0.6 is 0 Å². The molecule has 0 spiro atoms. The van der Waals surface area contributed by atoms with Crippen LogP contribution in [0.4, 0.5) is 0 Å². The molecule has 0 aliphatic carbocycles. The Morgan fingerprint density at radius 1 is 1.13 bits per heavy atom. The molecule has 1 aliphatic heterocycles. The van der Waals surface area contributed by atoms with E-state index in [4.69, 9.17) is 4.74 Å². The molecule has 1 N–H and O–H groups in total. The van der Waals surface area contributed by atoms with Crippen molar-refractivity contribution in [3.05, 3.63) is 71.3 Å². The van der Waals surface area contributed by atoms with Gasteiger partial charge in [0.1, 0.15) is 6.61 Å². The fourth-order valence-corrected chi connectivity index (χ4v) is 4.82. The lowest BCUT2D eigenvalue weighted by atomic mass is 10.1. The zero-order valence-corrected chi connectivity index (χ0v) is 19.0. The maximum atomic E-state index is 12.4. The van der Waals surface area contributed by atoms with Gasteiger partial charge < -0.3 is 15.0 Å². The molecule has 0 atom stereocenters. The van der Waals surface area contributed by atoms with Crippen LogP contribution < -0.4 is 5.32 Å². The Morgan fingerprint density at radius 3 is 2.52 bits per heavy atom. The van der Waals surface area contributed by atoms with Gasteiger partial charge in [0.25, 0.3) is 0 Å². The number of rotatable bonds is 5. The van der Waals surface area contributed by atoms with Crippen molar-refractivity contribution in [2.75, 3.05) is 25.9 Å². The first-order valence-electron chi connectivity index (χ1n) is 10.2. The van der Waals surface area contributed by atoms with Crippen molar-refractivity contribution in [3.63, 3.8) is 0 Å². The van der Waals surface area contributed by atoms with Gasteiger partial charge in [0.2, 0.25) is 0 Å². The standard InChI is InChI=1S/C23H29N3O4S/c1-23(2)17-26(12-13-31(23,28)29)22(24-3)25-15-19-10-7-11-20(14-19)21(27)30-16-18-8-5-4-6-9-18/h4-11,14H,12-13,15-17H2,1-3H3,(H,24,25). The number of ether oxygens (including phenoxy) is 1. The van der Waals surface area contributed by atoms with E-state index in [1.54, 1.807) is 33.0 Å². The highest BCUT2D eigenvalue weighted by molar-refractivity contribution is 7.92. The Hall–Kier alpha value is -2.87. The zero-order valence-electron chi connectivity index (χ0n) is 18.2. The van der Waals surface area contributed by atoms with E-state index in [1.807, 2.05) is 47.4 Å². The molecule has 3 rings (SSSR count). The Bertz CT molecular complexity index is 1050. The number of aliphatic imine (C=N–C) groups is 1. The number of benzene rings is 2. The van der Waals surface area contributed by atoms with Gasteiger partial charge in [0.05, 0.1) is 16.1 Å². The molecular formula is C23H29N3O4S. The number of carbonyl (C=O) groups excluding carboxylic acids is 1. The number of nitrogens with zero attached hydrogens (tertiary/aromatic N) is 2. The van der Waals surface area contributed by atoms with Gasteiger partial charge in [-0.1, -0.05) is 42.5 Å². The third-order valence-electron chi connectivity index (χ3n) is 5.38. The summed E-state index contributed by atoms with van der Waals surface area (Å²) in [6.45, 7) is 4.94. The predicted octanol–water partition coefficient (Wildman–Crippen LogP) is 2.63. The molecule has 2 aromatic rings. The van der Waals surface area contributed by atoms with Crippen molar-refractivity contribution in [1.29, 1.82) is 0 Å². The van der Waals surface area contributed by atoms with Gasteiger partial charge in [-0.15, -0.1) is 0 Å². The first kappa shape index (κ1) is 22.8. The van der Waals surface area contributed by atoms with E-state index in [9.17, 15) is 13.2 Å². The summed E-state index contributed by atoms with van der Waals surface area (Å²) < 4.78 is 29.1. The summed E-state index contributed by atoms with van der Waals surface area (Å²) >= 11 is 0. The molecule has 166 valence electrons. The lowest BCUT2D eigenvalue weighted by Gasteiger charge is -2.39. The molecule has 1 saturated heterocycles. The highest BCUT2D eigenvalue weighted by Gasteiger charge is 2.40. The maximum Gasteiger partial charge on any atom is 0.338 e. The lowest BCUT2D eigenvalue weighted by molar-refractivity contribution is 0.0472. The second kappa shape index (κ2) is 9.51. The van der Waals surface area contributed by atoms with E-state index < -0.39 is 14.6 Å². The van der Waals surface area contributed by atoms with Crippen LogP contribution in [0.25, 0.3) is 0 Å². The number of guanidine groups is 1. The predicted molar refractivity (Wildman–Crippen MR) is 122 cm³/mol. The van der Waals surface area contributed by atoms with Crippen molar-refractivity contribution in [2.45, 2.75) is 31.7 Å². The monoisotopic (exact) mass is 443 g/mol. The second-order valence-corrected chi connectivity index (χ2v) is 10.9. The van der Waals surface area contributed by atoms with Gasteiger partial charge >= 0.3 is 5.97 Å². The molecule has 0 aromatic heterocycles. The first-order valence-corrected chi connectivity index (χ1v) is 11.8. The summed E-state index contributed by atoms with van der Waals surface area (Å²) in [6.07, 6.45) is 0. The van der Waals surface area contributed by atoms with Crippen LogP contribution in [0.15, 0.2) is 59.6 Å². The Labute approximate surface area is 184 Å². The maximum absolute atomic E-state index is 12.4. The van der Waals surface area contributed by atoms with E-state index in [2.05, 4.69) is 10.3 Å². The third-order valence-corrected chi connectivity index (χ3v) is 7.91. The normalized spacial score (nSPS) is 17.8. The average Bonchev–Trinajstić information content (AvgIpc) is 2.76. The van der Waals surface area contributed by atoms with Gasteiger partial charge in [-0.3, -0.25) is 4.99 Å². The molecule has 0 radical (unpaired) electrons. The number of nitrogens with one attached hydrogen (secondary N) is 1. The van der Waals surface area contributed by atoms with Crippen LogP contribution in [0.1, 0.15) is 35.3 Å². The van der Waals surface area contributed by atoms with E-state index >= 15 is 0 Å². The van der Waals surface area contributed by atoms with Crippen LogP contribution in [-0.4, -0.2) is 55.9 Å². The minimum Gasteiger partial charge on any atom is -0.457 e. The number of sulfone groups is 1. The molecule has 0 saturated carbocycles. The van der Waals surface area contributed by atoms with Gasteiger partial charge in [0, 0.05) is 26.7 Å². The van der Waals surface area contributed by atoms with Crippen LogP contribution in [0, 0.1) is 0 Å². The molecule has 2 aromatic carbocycles. The van der Waals surface area contributed by atoms with E-state index in [0.29, 0.717) is 31.2 Å². The first-order chi connectivity index (χ1) is 14.7. The lowest BCUT2D eigenvalue weighted by Crippen LogP contribution is -2.57. The van der Waals surface area contributed by atoms with Crippen molar-refractivity contribution in [1.82, 2.24) is 10.2 Å². The number of hydrogen-bond acceptors (Lipinski definition) is 5. The molecule has 1 aliphatic rings. The highest BCUT2D eigenvalue weighted by Crippen LogP contribution is 2.23. The summed E-state index contributed by atoms with van der Waals surface area (Å²) in [6, 6.07) is 16.8. The minimum absolute atomic E-state index is 0.101.